The monoisotopic (exact) mass is 355 g/mol. The number of benzene rings is 1. The lowest BCUT2D eigenvalue weighted by molar-refractivity contribution is 0.453. The van der Waals surface area contributed by atoms with E-state index >= 15 is 0 Å². The van der Waals surface area contributed by atoms with E-state index in [0.29, 0.717) is 29.6 Å². The molecule has 1 heterocycles. The normalized spacial score (nSPS) is 20.5. The van der Waals surface area contributed by atoms with E-state index in [2.05, 4.69) is 6.92 Å². The Balaban J connectivity index is 2.41. The van der Waals surface area contributed by atoms with E-state index in [1.54, 1.807) is 0 Å². The Kier molecular flexibility index (Phi) is 5.24. The summed E-state index contributed by atoms with van der Waals surface area (Å²) in [6.07, 6.45) is 1.87. The van der Waals surface area contributed by atoms with Gasteiger partial charge in [0, 0.05) is 23.7 Å². The van der Waals surface area contributed by atoms with Crippen molar-refractivity contribution in [3.05, 3.63) is 27.7 Å². The summed E-state index contributed by atoms with van der Waals surface area (Å²) < 4.78 is 26.8. The van der Waals surface area contributed by atoms with E-state index < -0.39 is 10.0 Å². The first-order valence-electron chi connectivity index (χ1n) is 6.44. The molecule has 1 fully saturated rings. The molecule has 1 aromatic carbocycles. The molecule has 0 N–H and O–H groups in total. The minimum atomic E-state index is -3.58. The van der Waals surface area contributed by atoms with Crippen LogP contribution in [0, 0.1) is 5.92 Å². The fourth-order valence-corrected chi connectivity index (χ4v) is 5.22. The maximum Gasteiger partial charge on any atom is 0.244 e. The average Bonchev–Trinajstić information content (AvgIpc) is 2.88. The average molecular weight is 357 g/mol. The van der Waals surface area contributed by atoms with Crippen LogP contribution in [-0.4, -0.2) is 25.8 Å². The van der Waals surface area contributed by atoms with Crippen LogP contribution >= 0.6 is 34.8 Å². The van der Waals surface area contributed by atoms with Crippen LogP contribution in [0.5, 0.6) is 0 Å². The van der Waals surface area contributed by atoms with Gasteiger partial charge in [-0.05, 0) is 24.5 Å². The van der Waals surface area contributed by atoms with Crippen molar-refractivity contribution in [1.29, 1.82) is 0 Å². The van der Waals surface area contributed by atoms with Gasteiger partial charge < -0.3 is 0 Å². The van der Waals surface area contributed by atoms with Crippen molar-refractivity contribution in [2.45, 2.75) is 30.5 Å². The molecule has 112 valence electrons. The highest BCUT2D eigenvalue weighted by Gasteiger charge is 2.33. The van der Waals surface area contributed by atoms with Crippen molar-refractivity contribution in [1.82, 2.24) is 4.31 Å². The standard InChI is InChI=1S/C13H16Cl3NO2S/c1-2-9-5-6-17(8-9)20(18,19)12-4-3-11(15)10(7-14)13(12)16/h3-4,9H,2,5-8H2,1H3. The maximum atomic E-state index is 12.7. The van der Waals surface area contributed by atoms with Gasteiger partial charge in [-0.15, -0.1) is 11.6 Å². The molecule has 0 radical (unpaired) electrons. The zero-order chi connectivity index (χ0) is 14.9. The van der Waals surface area contributed by atoms with Gasteiger partial charge in [-0.3, -0.25) is 0 Å². The smallest absolute Gasteiger partial charge is 0.207 e. The summed E-state index contributed by atoms with van der Waals surface area (Å²) in [6, 6.07) is 2.99. The van der Waals surface area contributed by atoms with Crippen molar-refractivity contribution in [3.8, 4) is 0 Å². The molecular formula is C13H16Cl3NO2S. The van der Waals surface area contributed by atoms with Crippen LogP contribution in [0.3, 0.4) is 0 Å². The minimum absolute atomic E-state index is 0.0820. The molecule has 0 amide bonds. The lowest BCUT2D eigenvalue weighted by Gasteiger charge is -2.18. The molecule has 1 aliphatic rings. The van der Waals surface area contributed by atoms with Gasteiger partial charge in [0.2, 0.25) is 10.0 Å². The van der Waals surface area contributed by atoms with Crippen LogP contribution in [0.1, 0.15) is 25.3 Å². The first kappa shape index (κ1) is 16.4. The molecule has 1 aliphatic heterocycles. The first-order chi connectivity index (χ1) is 9.41. The summed E-state index contributed by atoms with van der Waals surface area (Å²) >= 11 is 17.9. The highest BCUT2D eigenvalue weighted by molar-refractivity contribution is 7.89. The highest BCUT2D eigenvalue weighted by Crippen LogP contribution is 2.35. The van der Waals surface area contributed by atoms with Crippen LogP contribution in [0.4, 0.5) is 0 Å². The van der Waals surface area contributed by atoms with Crippen molar-refractivity contribution < 1.29 is 8.42 Å². The predicted octanol–water partition coefficient (Wildman–Crippen LogP) is 4.15. The van der Waals surface area contributed by atoms with Gasteiger partial charge in [0.25, 0.3) is 0 Å². The number of alkyl halides is 1. The number of rotatable bonds is 4. The van der Waals surface area contributed by atoms with Crippen LogP contribution < -0.4 is 0 Å². The molecule has 0 spiro atoms. The van der Waals surface area contributed by atoms with Gasteiger partial charge in [-0.2, -0.15) is 4.31 Å². The summed E-state index contributed by atoms with van der Waals surface area (Å²) in [6.45, 7) is 3.16. The molecule has 20 heavy (non-hydrogen) atoms. The molecule has 0 saturated carbocycles. The Labute approximate surface area is 134 Å². The zero-order valence-corrected chi connectivity index (χ0v) is 14.2. The Morgan fingerprint density at radius 3 is 2.60 bits per heavy atom. The van der Waals surface area contributed by atoms with Crippen molar-refractivity contribution in [2.75, 3.05) is 13.1 Å². The number of halogens is 3. The third-order valence-electron chi connectivity index (χ3n) is 3.73. The van der Waals surface area contributed by atoms with Crippen molar-refractivity contribution in [3.63, 3.8) is 0 Å². The molecule has 1 unspecified atom stereocenters. The Bertz CT molecular complexity index is 604. The van der Waals surface area contributed by atoms with E-state index in [-0.39, 0.29) is 15.8 Å². The number of hydrogen-bond acceptors (Lipinski definition) is 2. The van der Waals surface area contributed by atoms with Crippen molar-refractivity contribution >= 4 is 44.8 Å². The number of nitrogens with zero attached hydrogens (tertiary/aromatic N) is 1. The Morgan fingerprint density at radius 2 is 2.05 bits per heavy atom. The van der Waals surface area contributed by atoms with Gasteiger partial charge in [0.05, 0.1) is 10.9 Å². The van der Waals surface area contributed by atoms with E-state index in [1.165, 1.54) is 16.4 Å². The third kappa shape index (κ3) is 2.95. The number of sulfonamides is 1. The molecule has 0 bridgehead atoms. The maximum absolute atomic E-state index is 12.7. The van der Waals surface area contributed by atoms with Crippen molar-refractivity contribution in [2.24, 2.45) is 5.92 Å². The Morgan fingerprint density at radius 1 is 1.35 bits per heavy atom. The molecule has 0 aliphatic carbocycles. The van der Waals surface area contributed by atoms with Crippen LogP contribution in [0.15, 0.2) is 17.0 Å². The molecule has 1 atom stereocenters. The SMILES string of the molecule is CCC1CCN(S(=O)(=O)c2ccc(Cl)c(CCl)c2Cl)C1. The summed E-state index contributed by atoms with van der Waals surface area (Å²) in [4.78, 5) is 0.0935. The number of hydrogen-bond donors (Lipinski definition) is 0. The molecule has 3 nitrogen and oxygen atoms in total. The first-order valence-corrected chi connectivity index (χ1v) is 9.17. The fraction of sp³-hybridized carbons (Fsp3) is 0.538. The quantitative estimate of drug-likeness (QED) is 0.760. The summed E-state index contributed by atoms with van der Waals surface area (Å²) in [5.74, 6) is 0.502. The Hall–Kier alpha value is -0.000000000000000167. The fourth-order valence-electron chi connectivity index (χ4n) is 2.39. The molecule has 2 rings (SSSR count). The second-order valence-corrected chi connectivity index (χ2v) is 7.86. The van der Waals surface area contributed by atoms with Gasteiger partial charge in [-0.25, -0.2) is 8.42 Å². The molecule has 7 heteroatoms. The third-order valence-corrected chi connectivity index (χ3v) is 6.80. The summed E-state index contributed by atoms with van der Waals surface area (Å²) in [7, 11) is -3.58. The largest absolute Gasteiger partial charge is 0.244 e. The van der Waals surface area contributed by atoms with E-state index in [9.17, 15) is 8.42 Å². The van der Waals surface area contributed by atoms with E-state index in [1.807, 2.05) is 0 Å². The zero-order valence-electron chi connectivity index (χ0n) is 11.1. The van der Waals surface area contributed by atoms with E-state index in [4.69, 9.17) is 34.8 Å². The van der Waals surface area contributed by atoms with Gasteiger partial charge in [0.1, 0.15) is 4.90 Å². The molecule has 1 aromatic rings. The van der Waals surface area contributed by atoms with Crippen LogP contribution in [0.2, 0.25) is 10.0 Å². The lowest BCUT2D eigenvalue weighted by atomic mass is 10.1. The topological polar surface area (TPSA) is 37.4 Å². The molecular weight excluding hydrogens is 341 g/mol. The highest BCUT2D eigenvalue weighted by atomic mass is 35.5. The van der Waals surface area contributed by atoms with E-state index in [0.717, 1.165) is 12.8 Å². The predicted molar refractivity (Wildman–Crippen MR) is 83.2 cm³/mol. The van der Waals surface area contributed by atoms with Crippen LogP contribution in [-0.2, 0) is 15.9 Å². The lowest BCUT2D eigenvalue weighted by Crippen LogP contribution is -2.29. The molecule has 0 aromatic heterocycles. The van der Waals surface area contributed by atoms with Gasteiger partial charge in [0.15, 0.2) is 0 Å². The second-order valence-electron chi connectivity index (χ2n) is 4.90. The van der Waals surface area contributed by atoms with Gasteiger partial charge >= 0.3 is 0 Å². The minimum Gasteiger partial charge on any atom is -0.207 e. The van der Waals surface area contributed by atoms with Gasteiger partial charge in [-0.1, -0.05) is 36.5 Å². The van der Waals surface area contributed by atoms with Crippen LogP contribution in [0.25, 0.3) is 0 Å². The molecule has 1 saturated heterocycles. The summed E-state index contributed by atoms with van der Waals surface area (Å²) in [5.41, 5.74) is 0.460. The second kappa shape index (κ2) is 6.41. The summed E-state index contributed by atoms with van der Waals surface area (Å²) in [5, 5.41) is 0.518.